The molecular weight excluding hydrogens is 244 g/mol. The van der Waals surface area contributed by atoms with Crippen molar-refractivity contribution >= 4 is 16.5 Å². The fourth-order valence-corrected chi connectivity index (χ4v) is 3.40. The number of aryl methyl sites for hydroxylation is 1. The van der Waals surface area contributed by atoms with Gasteiger partial charge in [0.25, 0.3) is 0 Å². The smallest absolute Gasteiger partial charge is 0.185 e. The van der Waals surface area contributed by atoms with E-state index in [-0.39, 0.29) is 0 Å². The number of likely N-dealkylation sites (N-methyl/N-ethyl adjacent to an activating group) is 1. The van der Waals surface area contributed by atoms with E-state index in [1.165, 1.54) is 22.1 Å². The van der Waals surface area contributed by atoms with Gasteiger partial charge in [0, 0.05) is 37.6 Å². The van der Waals surface area contributed by atoms with Crippen molar-refractivity contribution in [1.29, 1.82) is 0 Å². The molecule has 1 aliphatic rings. The second kappa shape index (κ2) is 6.50. The van der Waals surface area contributed by atoms with Gasteiger partial charge in [0.1, 0.15) is 0 Å². The van der Waals surface area contributed by atoms with E-state index in [9.17, 15) is 0 Å². The molecular formula is C13H24N4S. The van der Waals surface area contributed by atoms with Crippen LogP contribution in [0.1, 0.15) is 23.9 Å². The van der Waals surface area contributed by atoms with Crippen LogP contribution < -0.4 is 10.2 Å². The number of nitrogens with zero attached hydrogens (tertiary/aromatic N) is 3. The Morgan fingerprint density at radius 3 is 2.61 bits per heavy atom. The fourth-order valence-electron chi connectivity index (χ4n) is 2.23. The number of rotatable bonds is 5. The average Bonchev–Trinajstić information content (AvgIpc) is 2.75. The van der Waals surface area contributed by atoms with Crippen molar-refractivity contribution in [3.05, 3.63) is 10.6 Å². The van der Waals surface area contributed by atoms with Gasteiger partial charge in [-0.3, -0.25) is 0 Å². The predicted molar refractivity (Wildman–Crippen MR) is 78.6 cm³/mol. The summed E-state index contributed by atoms with van der Waals surface area (Å²) in [6.07, 6.45) is 2.27. The summed E-state index contributed by atoms with van der Waals surface area (Å²) in [5, 5.41) is 4.47. The Bertz CT molecular complexity index is 346. The molecule has 0 spiro atoms. The number of thiazole rings is 1. The first-order valence-corrected chi connectivity index (χ1v) is 7.63. The van der Waals surface area contributed by atoms with Crippen molar-refractivity contribution in [2.45, 2.75) is 26.3 Å². The molecule has 0 radical (unpaired) electrons. The number of piperazine rings is 1. The maximum absolute atomic E-state index is 4.85. The van der Waals surface area contributed by atoms with E-state index in [0.717, 1.165) is 39.1 Å². The molecule has 102 valence electrons. The zero-order valence-corrected chi connectivity index (χ0v) is 12.5. The quantitative estimate of drug-likeness (QED) is 0.878. The van der Waals surface area contributed by atoms with Gasteiger partial charge in [0.2, 0.25) is 0 Å². The van der Waals surface area contributed by atoms with Gasteiger partial charge in [0.15, 0.2) is 5.13 Å². The van der Waals surface area contributed by atoms with Gasteiger partial charge in [-0.15, -0.1) is 11.3 Å². The molecule has 18 heavy (non-hydrogen) atoms. The summed E-state index contributed by atoms with van der Waals surface area (Å²) in [5.41, 5.74) is 1.30. The minimum atomic E-state index is 0.945. The Kier molecular flexibility index (Phi) is 4.97. The van der Waals surface area contributed by atoms with E-state index in [1.807, 2.05) is 18.4 Å². The van der Waals surface area contributed by atoms with Gasteiger partial charge in [-0.2, -0.15) is 0 Å². The van der Waals surface area contributed by atoms with E-state index in [2.05, 4.69) is 29.1 Å². The van der Waals surface area contributed by atoms with Crippen LogP contribution in [0, 0.1) is 0 Å². The van der Waals surface area contributed by atoms with E-state index >= 15 is 0 Å². The first-order valence-electron chi connectivity index (χ1n) is 6.81. The minimum absolute atomic E-state index is 0.945. The van der Waals surface area contributed by atoms with Crippen LogP contribution in [0.5, 0.6) is 0 Å². The molecule has 5 heteroatoms. The van der Waals surface area contributed by atoms with Crippen LogP contribution in [0.2, 0.25) is 0 Å². The molecule has 1 aliphatic heterocycles. The SMILES string of the molecule is CCCc1nc(N2CCN(C)CC2)sc1CNC. The summed E-state index contributed by atoms with van der Waals surface area (Å²) in [7, 11) is 4.19. The van der Waals surface area contributed by atoms with Crippen LogP contribution in [0.4, 0.5) is 5.13 Å². The van der Waals surface area contributed by atoms with Gasteiger partial charge in [-0.25, -0.2) is 4.98 Å². The Labute approximate surface area is 114 Å². The van der Waals surface area contributed by atoms with Crippen LogP contribution in [-0.4, -0.2) is 50.2 Å². The van der Waals surface area contributed by atoms with E-state index in [4.69, 9.17) is 4.98 Å². The van der Waals surface area contributed by atoms with E-state index < -0.39 is 0 Å². The van der Waals surface area contributed by atoms with Crippen molar-refractivity contribution in [3.8, 4) is 0 Å². The number of anilines is 1. The summed E-state index contributed by atoms with van der Waals surface area (Å²) >= 11 is 1.87. The van der Waals surface area contributed by atoms with Crippen LogP contribution in [-0.2, 0) is 13.0 Å². The van der Waals surface area contributed by atoms with Crippen molar-refractivity contribution in [1.82, 2.24) is 15.2 Å². The molecule has 1 aromatic rings. The van der Waals surface area contributed by atoms with Crippen molar-refractivity contribution in [2.24, 2.45) is 0 Å². The monoisotopic (exact) mass is 268 g/mol. The molecule has 0 atom stereocenters. The maximum Gasteiger partial charge on any atom is 0.185 e. The summed E-state index contributed by atoms with van der Waals surface area (Å²) < 4.78 is 0. The molecule has 1 fully saturated rings. The van der Waals surface area contributed by atoms with E-state index in [0.29, 0.717) is 0 Å². The topological polar surface area (TPSA) is 31.4 Å². The molecule has 0 aromatic carbocycles. The molecule has 2 rings (SSSR count). The average molecular weight is 268 g/mol. The molecule has 0 aliphatic carbocycles. The van der Waals surface area contributed by atoms with Gasteiger partial charge >= 0.3 is 0 Å². The Balaban J connectivity index is 2.10. The van der Waals surface area contributed by atoms with Gasteiger partial charge in [-0.1, -0.05) is 13.3 Å². The zero-order valence-electron chi connectivity index (χ0n) is 11.7. The van der Waals surface area contributed by atoms with E-state index in [1.54, 1.807) is 0 Å². The third kappa shape index (κ3) is 3.22. The largest absolute Gasteiger partial charge is 0.346 e. The number of hydrogen-bond acceptors (Lipinski definition) is 5. The molecule has 1 aromatic heterocycles. The highest BCUT2D eigenvalue weighted by molar-refractivity contribution is 7.15. The molecule has 0 amide bonds. The molecule has 1 N–H and O–H groups in total. The zero-order chi connectivity index (χ0) is 13.0. The highest BCUT2D eigenvalue weighted by Gasteiger charge is 2.19. The highest BCUT2D eigenvalue weighted by Crippen LogP contribution is 2.28. The fraction of sp³-hybridized carbons (Fsp3) is 0.769. The third-order valence-corrected chi connectivity index (χ3v) is 4.52. The lowest BCUT2D eigenvalue weighted by Crippen LogP contribution is -2.44. The van der Waals surface area contributed by atoms with Crippen LogP contribution in [0.15, 0.2) is 0 Å². The molecule has 0 saturated carbocycles. The Hall–Kier alpha value is -0.650. The number of aromatic nitrogens is 1. The lowest BCUT2D eigenvalue weighted by molar-refractivity contribution is 0.312. The molecule has 1 saturated heterocycles. The van der Waals surface area contributed by atoms with Gasteiger partial charge in [0.05, 0.1) is 5.69 Å². The second-order valence-corrected chi connectivity index (χ2v) is 6.00. The molecule has 2 heterocycles. The first kappa shape index (κ1) is 13.8. The van der Waals surface area contributed by atoms with Crippen molar-refractivity contribution in [3.63, 3.8) is 0 Å². The summed E-state index contributed by atoms with van der Waals surface area (Å²) in [6, 6.07) is 0. The van der Waals surface area contributed by atoms with Crippen LogP contribution in [0.25, 0.3) is 0 Å². The summed E-state index contributed by atoms with van der Waals surface area (Å²) in [4.78, 5) is 11.1. The standard InChI is InChI=1S/C13H24N4S/c1-4-5-11-12(10-14-2)18-13(15-11)17-8-6-16(3)7-9-17/h14H,4-10H2,1-3H3. The predicted octanol–water partition coefficient (Wildman–Crippen LogP) is 1.57. The molecule has 4 nitrogen and oxygen atoms in total. The number of hydrogen-bond donors (Lipinski definition) is 1. The van der Waals surface area contributed by atoms with Crippen LogP contribution in [0.3, 0.4) is 0 Å². The lowest BCUT2D eigenvalue weighted by Gasteiger charge is -2.32. The summed E-state index contributed by atoms with van der Waals surface area (Å²) in [6.45, 7) is 7.66. The Morgan fingerprint density at radius 2 is 2.00 bits per heavy atom. The third-order valence-electron chi connectivity index (χ3n) is 3.36. The highest BCUT2D eigenvalue weighted by atomic mass is 32.1. The second-order valence-electron chi connectivity index (χ2n) is 4.94. The summed E-state index contributed by atoms with van der Waals surface area (Å²) in [5.74, 6) is 0. The van der Waals surface area contributed by atoms with Crippen molar-refractivity contribution < 1.29 is 0 Å². The van der Waals surface area contributed by atoms with Gasteiger partial charge in [-0.05, 0) is 20.5 Å². The minimum Gasteiger partial charge on any atom is -0.346 e. The lowest BCUT2D eigenvalue weighted by atomic mass is 10.2. The van der Waals surface area contributed by atoms with Crippen LogP contribution >= 0.6 is 11.3 Å². The normalized spacial score (nSPS) is 17.4. The molecule has 0 bridgehead atoms. The van der Waals surface area contributed by atoms with Gasteiger partial charge < -0.3 is 15.1 Å². The maximum atomic E-state index is 4.85. The molecule has 0 unspecified atom stereocenters. The van der Waals surface area contributed by atoms with Crippen molar-refractivity contribution in [2.75, 3.05) is 45.2 Å². The Morgan fingerprint density at radius 1 is 1.28 bits per heavy atom. The number of nitrogens with one attached hydrogen (secondary N) is 1. The first-order chi connectivity index (χ1) is 8.74.